The van der Waals surface area contributed by atoms with Crippen molar-refractivity contribution in [2.75, 3.05) is 31.1 Å². The highest BCUT2D eigenvalue weighted by molar-refractivity contribution is 6.29. The molecule has 0 bridgehead atoms. The minimum Gasteiger partial charge on any atom is -0.352 e. The third kappa shape index (κ3) is 1.87. The number of nitrogens with zero attached hydrogens (tertiary/aromatic N) is 4. The average Bonchev–Trinajstić information content (AvgIpc) is 2.75. The van der Waals surface area contributed by atoms with Crippen molar-refractivity contribution in [3.63, 3.8) is 0 Å². The van der Waals surface area contributed by atoms with Crippen LogP contribution in [0.4, 0.5) is 5.82 Å². The normalized spacial score (nSPS) is 25.8. The number of hydrogen-bond acceptors (Lipinski definition) is 4. The van der Waals surface area contributed by atoms with Crippen LogP contribution in [0.25, 0.3) is 0 Å². The first-order valence-corrected chi connectivity index (χ1v) is 6.17. The topological polar surface area (TPSA) is 32.3 Å². The summed E-state index contributed by atoms with van der Waals surface area (Å²) in [5.74, 6) is 0.916. The first-order valence-electron chi connectivity index (χ1n) is 5.79. The second-order valence-electron chi connectivity index (χ2n) is 4.48. The van der Waals surface area contributed by atoms with E-state index in [2.05, 4.69) is 19.8 Å². The van der Waals surface area contributed by atoms with Gasteiger partial charge in [-0.2, -0.15) is 0 Å². The second kappa shape index (κ2) is 4.18. The maximum absolute atomic E-state index is 5.86. The van der Waals surface area contributed by atoms with E-state index in [4.69, 9.17) is 11.6 Å². The van der Waals surface area contributed by atoms with Crippen molar-refractivity contribution in [1.29, 1.82) is 0 Å². The Hall–Kier alpha value is -0.870. The molecule has 3 heterocycles. The standard InChI is InChI=1S/C11H15ClN4/c12-10-6-13-7-11(14-10)16-5-4-15-3-1-2-9(15)8-16/h6-7,9H,1-5,8H2. The molecule has 1 aromatic rings. The molecule has 0 N–H and O–H groups in total. The molecule has 2 saturated heterocycles. The third-order valence-corrected chi connectivity index (χ3v) is 3.69. The van der Waals surface area contributed by atoms with Crippen LogP contribution in [0, 0.1) is 0 Å². The largest absolute Gasteiger partial charge is 0.352 e. The number of rotatable bonds is 1. The Kier molecular flexibility index (Phi) is 2.69. The summed E-state index contributed by atoms with van der Waals surface area (Å²) in [5, 5.41) is 0.478. The van der Waals surface area contributed by atoms with E-state index in [-0.39, 0.29) is 0 Å². The number of hydrogen-bond donors (Lipinski definition) is 0. The lowest BCUT2D eigenvalue weighted by Gasteiger charge is -2.37. The Balaban J connectivity index is 1.76. The smallest absolute Gasteiger partial charge is 0.149 e. The van der Waals surface area contributed by atoms with Crippen LogP contribution in [0.15, 0.2) is 12.4 Å². The van der Waals surface area contributed by atoms with E-state index in [9.17, 15) is 0 Å². The van der Waals surface area contributed by atoms with Gasteiger partial charge in [-0.05, 0) is 19.4 Å². The molecule has 0 aliphatic carbocycles. The quantitative estimate of drug-likeness (QED) is 0.741. The van der Waals surface area contributed by atoms with Crippen LogP contribution < -0.4 is 4.90 Å². The van der Waals surface area contributed by atoms with E-state index in [1.165, 1.54) is 19.4 Å². The monoisotopic (exact) mass is 238 g/mol. The molecule has 1 aromatic heterocycles. The highest BCUT2D eigenvalue weighted by Gasteiger charge is 2.30. The zero-order valence-corrected chi connectivity index (χ0v) is 9.90. The molecule has 0 amide bonds. The van der Waals surface area contributed by atoms with Gasteiger partial charge in [0, 0.05) is 25.7 Å². The van der Waals surface area contributed by atoms with E-state index in [1.54, 1.807) is 12.4 Å². The third-order valence-electron chi connectivity index (χ3n) is 3.50. The number of halogens is 1. The van der Waals surface area contributed by atoms with Crippen LogP contribution in [-0.4, -0.2) is 47.1 Å². The molecule has 0 radical (unpaired) electrons. The molecular weight excluding hydrogens is 224 g/mol. The zero-order valence-electron chi connectivity index (χ0n) is 9.14. The van der Waals surface area contributed by atoms with Gasteiger partial charge >= 0.3 is 0 Å². The number of piperazine rings is 1. The molecule has 2 aliphatic heterocycles. The molecule has 3 rings (SSSR count). The van der Waals surface area contributed by atoms with Gasteiger partial charge in [-0.15, -0.1) is 0 Å². The Morgan fingerprint density at radius 1 is 1.25 bits per heavy atom. The van der Waals surface area contributed by atoms with E-state index < -0.39 is 0 Å². The summed E-state index contributed by atoms with van der Waals surface area (Å²) in [6.07, 6.45) is 6.03. The summed E-state index contributed by atoms with van der Waals surface area (Å²) in [4.78, 5) is 13.3. The van der Waals surface area contributed by atoms with Crippen molar-refractivity contribution in [2.24, 2.45) is 0 Å². The summed E-state index contributed by atoms with van der Waals surface area (Å²) in [6, 6.07) is 0.703. The van der Waals surface area contributed by atoms with Gasteiger partial charge in [0.25, 0.3) is 0 Å². The molecule has 1 unspecified atom stereocenters. The van der Waals surface area contributed by atoms with E-state index in [0.29, 0.717) is 11.2 Å². The maximum atomic E-state index is 5.86. The fraction of sp³-hybridized carbons (Fsp3) is 0.636. The van der Waals surface area contributed by atoms with Crippen LogP contribution in [0.5, 0.6) is 0 Å². The number of anilines is 1. The van der Waals surface area contributed by atoms with Gasteiger partial charge in [0.05, 0.1) is 12.4 Å². The van der Waals surface area contributed by atoms with E-state index in [0.717, 1.165) is 25.5 Å². The average molecular weight is 239 g/mol. The maximum Gasteiger partial charge on any atom is 0.149 e. The molecule has 2 aliphatic rings. The zero-order chi connectivity index (χ0) is 11.0. The summed E-state index contributed by atoms with van der Waals surface area (Å²) in [6.45, 7) is 4.50. The highest BCUT2D eigenvalue weighted by Crippen LogP contribution is 2.24. The van der Waals surface area contributed by atoms with Crippen LogP contribution in [0.2, 0.25) is 5.15 Å². The van der Waals surface area contributed by atoms with Gasteiger partial charge < -0.3 is 4.90 Å². The van der Waals surface area contributed by atoms with Gasteiger partial charge in [-0.25, -0.2) is 4.98 Å². The van der Waals surface area contributed by atoms with Crippen LogP contribution in [0.3, 0.4) is 0 Å². The molecule has 0 aromatic carbocycles. The number of fused-ring (bicyclic) bond motifs is 1. The van der Waals surface area contributed by atoms with Crippen molar-refractivity contribution in [1.82, 2.24) is 14.9 Å². The molecule has 0 saturated carbocycles. The van der Waals surface area contributed by atoms with Crippen LogP contribution >= 0.6 is 11.6 Å². The summed E-state index contributed by atoms with van der Waals surface area (Å²) in [7, 11) is 0. The van der Waals surface area contributed by atoms with Crippen molar-refractivity contribution in [3.05, 3.63) is 17.5 Å². The van der Waals surface area contributed by atoms with Crippen molar-refractivity contribution >= 4 is 17.4 Å². The second-order valence-corrected chi connectivity index (χ2v) is 4.87. The van der Waals surface area contributed by atoms with Gasteiger partial charge in [-0.1, -0.05) is 11.6 Å². The summed E-state index contributed by atoms with van der Waals surface area (Å²) >= 11 is 5.86. The molecule has 86 valence electrons. The Labute approximate surface area is 100 Å². The summed E-state index contributed by atoms with van der Waals surface area (Å²) in [5.41, 5.74) is 0. The van der Waals surface area contributed by atoms with Crippen molar-refractivity contribution in [3.8, 4) is 0 Å². The minimum absolute atomic E-state index is 0.478. The fourth-order valence-corrected chi connectivity index (χ4v) is 2.83. The molecule has 5 heteroatoms. The van der Waals surface area contributed by atoms with E-state index in [1.807, 2.05) is 0 Å². The Morgan fingerprint density at radius 2 is 2.19 bits per heavy atom. The lowest BCUT2D eigenvalue weighted by atomic mass is 10.1. The molecular formula is C11H15ClN4. The predicted molar refractivity (Wildman–Crippen MR) is 63.9 cm³/mol. The van der Waals surface area contributed by atoms with Crippen LogP contribution in [-0.2, 0) is 0 Å². The van der Waals surface area contributed by atoms with Crippen molar-refractivity contribution in [2.45, 2.75) is 18.9 Å². The fourth-order valence-electron chi connectivity index (χ4n) is 2.68. The molecule has 1 atom stereocenters. The predicted octanol–water partition coefficient (Wildman–Crippen LogP) is 1.41. The Morgan fingerprint density at radius 3 is 3.06 bits per heavy atom. The first kappa shape index (κ1) is 10.3. The minimum atomic E-state index is 0.478. The molecule has 0 spiro atoms. The van der Waals surface area contributed by atoms with E-state index >= 15 is 0 Å². The van der Waals surface area contributed by atoms with Crippen LogP contribution in [0.1, 0.15) is 12.8 Å². The van der Waals surface area contributed by atoms with Crippen molar-refractivity contribution < 1.29 is 0 Å². The number of aromatic nitrogens is 2. The van der Waals surface area contributed by atoms with Gasteiger partial charge in [0.1, 0.15) is 11.0 Å². The highest BCUT2D eigenvalue weighted by atomic mass is 35.5. The lowest BCUT2D eigenvalue weighted by Crippen LogP contribution is -2.50. The molecule has 16 heavy (non-hydrogen) atoms. The Bertz CT molecular complexity index is 384. The van der Waals surface area contributed by atoms with Gasteiger partial charge in [0.15, 0.2) is 0 Å². The molecule has 4 nitrogen and oxygen atoms in total. The lowest BCUT2D eigenvalue weighted by molar-refractivity contribution is 0.230. The van der Waals surface area contributed by atoms with Gasteiger partial charge in [0.2, 0.25) is 0 Å². The SMILES string of the molecule is Clc1cncc(N2CCN3CCCC3C2)n1. The van der Waals surface area contributed by atoms with Gasteiger partial charge in [-0.3, -0.25) is 9.88 Å². The first-order chi connectivity index (χ1) is 7.83. The summed E-state index contributed by atoms with van der Waals surface area (Å²) < 4.78 is 0. The molecule has 2 fully saturated rings.